The molecule has 274 valence electrons. The summed E-state index contributed by atoms with van der Waals surface area (Å²) in [6.45, 7) is 10.4. The Bertz CT molecular complexity index is 2890. The van der Waals surface area contributed by atoms with E-state index in [1.807, 2.05) is 115 Å². The van der Waals surface area contributed by atoms with Gasteiger partial charge in [0.2, 0.25) is 0 Å². The van der Waals surface area contributed by atoms with Gasteiger partial charge in [-0.05, 0) is 124 Å². The van der Waals surface area contributed by atoms with Crippen molar-refractivity contribution in [2.24, 2.45) is 0 Å². The van der Waals surface area contributed by atoms with E-state index in [9.17, 15) is 0 Å². The molecule has 0 unspecified atom stereocenters. The molecule has 0 aliphatic heterocycles. The van der Waals surface area contributed by atoms with Crippen LogP contribution < -0.4 is 14.2 Å². The molecule has 3 heterocycles. The van der Waals surface area contributed by atoms with Crippen LogP contribution in [-0.4, -0.2) is 19.3 Å². The number of ether oxygens (including phenoxy) is 3. The van der Waals surface area contributed by atoms with Crippen molar-refractivity contribution in [1.29, 1.82) is 0 Å². The predicted molar refractivity (Wildman–Crippen MR) is 224 cm³/mol. The molecule has 0 N–H and O–H groups in total. The number of fused-ring (bicyclic) bond motifs is 3. The van der Waals surface area contributed by atoms with Gasteiger partial charge in [-0.15, -0.1) is 0 Å². The van der Waals surface area contributed by atoms with Gasteiger partial charge in [0.05, 0.1) is 28.0 Å². The number of hydrogen-bond donors (Lipinski definition) is 0. The van der Waals surface area contributed by atoms with Crippen LogP contribution in [-0.2, 0) is 0 Å². The van der Waals surface area contributed by atoms with E-state index in [2.05, 4.69) is 80.8 Å². The van der Waals surface area contributed by atoms with Gasteiger partial charge in [0.25, 0.3) is 0 Å². The van der Waals surface area contributed by atoms with E-state index in [4.69, 9.17) is 24.3 Å². The van der Waals surface area contributed by atoms with Crippen molar-refractivity contribution in [3.05, 3.63) is 180 Å². The SMILES string of the molecule is Cc1ccnc(-n2c3ccccc3c3ccc(Oc4cccc(-n5nc(C)c(-c6c(Oc7ccccc7)cc(C)c(C)c6Oc6ccccc6)c5C)c4)cc32)c1. The molecule has 56 heavy (non-hydrogen) atoms. The van der Waals surface area contributed by atoms with Crippen molar-refractivity contribution >= 4 is 21.8 Å². The Morgan fingerprint density at radius 3 is 1.96 bits per heavy atom. The smallest absolute Gasteiger partial charge is 0.142 e. The van der Waals surface area contributed by atoms with Crippen molar-refractivity contribution < 1.29 is 14.2 Å². The Kier molecular flexibility index (Phi) is 8.82. The molecular formula is C49H40N4O3. The predicted octanol–water partition coefficient (Wildman–Crippen LogP) is 13.0. The summed E-state index contributed by atoms with van der Waals surface area (Å²) in [5, 5.41) is 7.41. The van der Waals surface area contributed by atoms with Crippen LogP contribution in [0.2, 0.25) is 0 Å². The maximum absolute atomic E-state index is 6.71. The lowest BCUT2D eigenvalue weighted by Crippen LogP contribution is -2.01. The minimum atomic E-state index is 0.694. The monoisotopic (exact) mass is 732 g/mol. The van der Waals surface area contributed by atoms with Crippen molar-refractivity contribution in [3.63, 3.8) is 0 Å². The molecule has 3 aromatic heterocycles. The largest absolute Gasteiger partial charge is 0.457 e. The Morgan fingerprint density at radius 2 is 1.20 bits per heavy atom. The number of rotatable bonds is 9. The molecule has 0 fully saturated rings. The number of aryl methyl sites for hydroxylation is 3. The zero-order valence-corrected chi connectivity index (χ0v) is 31.9. The first-order chi connectivity index (χ1) is 27.3. The van der Waals surface area contributed by atoms with Crippen LogP contribution in [0.3, 0.4) is 0 Å². The van der Waals surface area contributed by atoms with Crippen LogP contribution in [0.15, 0.2) is 152 Å². The molecule has 9 aromatic rings. The molecule has 0 aliphatic rings. The van der Waals surface area contributed by atoms with Crippen LogP contribution in [0, 0.1) is 34.6 Å². The molecule has 0 saturated carbocycles. The van der Waals surface area contributed by atoms with Crippen molar-refractivity contribution in [1.82, 2.24) is 19.3 Å². The van der Waals surface area contributed by atoms with Gasteiger partial charge in [-0.1, -0.05) is 60.7 Å². The van der Waals surface area contributed by atoms with Crippen LogP contribution in [0.1, 0.15) is 28.1 Å². The molecule has 0 bridgehead atoms. The van der Waals surface area contributed by atoms with Crippen LogP contribution in [0.25, 0.3) is 44.4 Å². The number of aromatic nitrogens is 4. The summed E-state index contributed by atoms with van der Waals surface area (Å²) < 4.78 is 24.1. The number of hydrogen-bond acceptors (Lipinski definition) is 5. The van der Waals surface area contributed by atoms with E-state index in [0.717, 1.165) is 95.5 Å². The van der Waals surface area contributed by atoms with E-state index in [-0.39, 0.29) is 0 Å². The van der Waals surface area contributed by atoms with E-state index in [1.165, 1.54) is 0 Å². The highest BCUT2D eigenvalue weighted by Gasteiger charge is 2.26. The maximum Gasteiger partial charge on any atom is 0.142 e. The third kappa shape index (κ3) is 6.33. The zero-order valence-electron chi connectivity index (χ0n) is 31.9. The van der Waals surface area contributed by atoms with Crippen molar-refractivity contribution in [2.75, 3.05) is 0 Å². The lowest BCUT2D eigenvalue weighted by molar-refractivity contribution is 0.460. The fraction of sp³-hybridized carbons (Fsp3) is 0.102. The van der Waals surface area contributed by atoms with E-state index in [0.29, 0.717) is 11.5 Å². The van der Waals surface area contributed by atoms with E-state index < -0.39 is 0 Å². The molecular weight excluding hydrogens is 693 g/mol. The van der Waals surface area contributed by atoms with Crippen LogP contribution >= 0.6 is 0 Å². The molecule has 0 spiro atoms. The Balaban J connectivity index is 1.12. The number of benzene rings is 6. The van der Waals surface area contributed by atoms with Crippen molar-refractivity contribution in [3.8, 4) is 57.1 Å². The standard InChI is InChI=1S/C49H40N4O3/c1-31-25-26-50-46(27-31)52-43-22-13-12-21-41(43)42-24-23-40(30-44(42)52)54-39-20-14-15-36(29-39)53-35(5)47(34(4)51-53)48-45(55-37-16-8-6-9-17-37)28-32(2)33(3)49(48)56-38-18-10-7-11-19-38/h6-30H,1-5H3. The highest BCUT2D eigenvalue weighted by Crippen LogP contribution is 2.48. The first-order valence-corrected chi connectivity index (χ1v) is 18.7. The average molecular weight is 733 g/mol. The molecule has 0 aliphatic carbocycles. The summed E-state index contributed by atoms with van der Waals surface area (Å²) in [5.74, 6) is 5.20. The third-order valence-corrected chi connectivity index (χ3v) is 10.3. The van der Waals surface area contributed by atoms with Gasteiger partial charge >= 0.3 is 0 Å². The lowest BCUT2D eigenvalue weighted by atomic mass is 9.95. The van der Waals surface area contributed by atoms with Crippen LogP contribution in [0.4, 0.5) is 0 Å². The fourth-order valence-corrected chi connectivity index (χ4v) is 7.50. The molecule has 6 aromatic carbocycles. The molecule has 7 heteroatoms. The van der Waals surface area contributed by atoms with Gasteiger partial charge in [0.15, 0.2) is 0 Å². The minimum Gasteiger partial charge on any atom is -0.457 e. The van der Waals surface area contributed by atoms with Crippen LogP contribution in [0.5, 0.6) is 34.5 Å². The number of pyridine rings is 1. The van der Waals surface area contributed by atoms with Gasteiger partial charge in [0, 0.05) is 40.4 Å². The summed E-state index contributed by atoms with van der Waals surface area (Å²) in [6.07, 6.45) is 1.86. The van der Waals surface area contributed by atoms with Gasteiger partial charge in [0.1, 0.15) is 40.3 Å². The molecule has 0 radical (unpaired) electrons. The molecule has 7 nitrogen and oxygen atoms in total. The van der Waals surface area contributed by atoms with Gasteiger partial charge < -0.3 is 14.2 Å². The second-order valence-electron chi connectivity index (χ2n) is 14.1. The van der Waals surface area contributed by atoms with Gasteiger partial charge in [-0.2, -0.15) is 5.10 Å². The summed E-state index contributed by atoms with van der Waals surface area (Å²) >= 11 is 0. The summed E-state index contributed by atoms with van der Waals surface area (Å²) in [5.41, 5.74) is 9.80. The maximum atomic E-state index is 6.71. The number of para-hydroxylation sites is 3. The third-order valence-electron chi connectivity index (χ3n) is 10.3. The van der Waals surface area contributed by atoms with Gasteiger partial charge in [-0.25, -0.2) is 9.67 Å². The molecule has 0 saturated heterocycles. The Labute approximate surface area is 326 Å². The van der Waals surface area contributed by atoms with E-state index >= 15 is 0 Å². The molecule has 9 rings (SSSR count). The average Bonchev–Trinajstić information content (AvgIpc) is 3.70. The summed E-state index contributed by atoms with van der Waals surface area (Å²) in [7, 11) is 0. The minimum absolute atomic E-state index is 0.694. The topological polar surface area (TPSA) is 63.3 Å². The molecule has 0 atom stereocenters. The highest BCUT2D eigenvalue weighted by molar-refractivity contribution is 6.09. The lowest BCUT2D eigenvalue weighted by Gasteiger charge is -2.20. The second-order valence-corrected chi connectivity index (χ2v) is 14.1. The molecule has 0 amide bonds. The first-order valence-electron chi connectivity index (χ1n) is 18.7. The first kappa shape index (κ1) is 34.6. The highest BCUT2D eigenvalue weighted by atomic mass is 16.5. The fourth-order valence-electron chi connectivity index (χ4n) is 7.50. The summed E-state index contributed by atoms with van der Waals surface area (Å²) in [4.78, 5) is 4.74. The normalized spacial score (nSPS) is 11.3. The zero-order chi connectivity index (χ0) is 38.3. The quantitative estimate of drug-likeness (QED) is 0.148. The number of nitrogens with zero attached hydrogens (tertiary/aromatic N) is 4. The second kappa shape index (κ2) is 14.3. The van der Waals surface area contributed by atoms with Gasteiger partial charge in [-0.3, -0.25) is 4.57 Å². The van der Waals surface area contributed by atoms with Crippen molar-refractivity contribution in [2.45, 2.75) is 34.6 Å². The Hall–Kier alpha value is -7.12. The van der Waals surface area contributed by atoms with E-state index in [1.54, 1.807) is 0 Å². The Morgan fingerprint density at radius 1 is 0.518 bits per heavy atom. The summed E-state index contributed by atoms with van der Waals surface area (Å²) in [6, 6.07) is 48.6.